The topological polar surface area (TPSA) is 29.5 Å². The first-order chi connectivity index (χ1) is 10.1. The molecule has 0 spiro atoms. The molecule has 1 amide bonds. The van der Waals surface area contributed by atoms with E-state index in [0.29, 0.717) is 13.0 Å². The van der Waals surface area contributed by atoms with Crippen LogP contribution in [0.15, 0.2) is 18.2 Å². The molecule has 1 unspecified atom stereocenters. The van der Waals surface area contributed by atoms with Crippen LogP contribution < -0.4 is 0 Å². The van der Waals surface area contributed by atoms with Crippen LogP contribution in [-0.2, 0) is 16.1 Å². The lowest BCUT2D eigenvalue weighted by atomic mass is 10.1. The van der Waals surface area contributed by atoms with Gasteiger partial charge < -0.3 is 9.64 Å². The van der Waals surface area contributed by atoms with Gasteiger partial charge in [-0.2, -0.15) is 0 Å². The van der Waals surface area contributed by atoms with Crippen molar-refractivity contribution in [3.63, 3.8) is 0 Å². The summed E-state index contributed by atoms with van der Waals surface area (Å²) >= 11 is 0. The van der Waals surface area contributed by atoms with Crippen LogP contribution in [0.1, 0.15) is 37.7 Å². The second-order valence-electron chi connectivity index (χ2n) is 5.79. The smallest absolute Gasteiger partial charge is 0.225 e. The van der Waals surface area contributed by atoms with Crippen LogP contribution in [0, 0.1) is 11.6 Å². The third-order valence-corrected chi connectivity index (χ3v) is 4.12. The highest BCUT2D eigenvalue weighted by Gasteiger charge is 2.34. The average molecular weight is 295 g/mol. The van der Waals surface area contributed by atoms with E-state index in [4.69, 9.17) is 4.74 Å². The largest absolute Gasteiger partial charge is 0.378 e. The van der Waals surface area contributed by atoms with E-state index in [1.54, 1.807) is 4.90 Å². The number of hydrogen-bond donors (Lipinski definition) is 0. The van der Waals surface area contributed by atoms with E-state index in [9.17, 15) is 13.6 Å². The Bertz CT molecular complexity index is 505. The lowest BCUT2D eigenvalue weighted by Crippen LogP contribution is -2.35. The Morgan fingerprint density at radius 1 is 1.24 bits per heavy atom. The third-order valence-electron chi connectivity index (χ3n) is 4.12. The molecule has 5 heteroatoms. The summed E-state index contributed by atoms with van der Waals surface area (Å²) in [4.78, 5) is 14.0. The first-order valence-corrected chi connectivity index (χ1v) is 7.49. The quantitative estimate of drug-likeness (QED) is 0.835. The van der Waals surface area contributed by atoms with E-state index in [1.165, 1.54) is 18.2 Å². The summed E-state index contributed by atoms with van der Waals surface area (Å²) in [6.07, 6.45) is 3.96. The van der Waals surface area contributed by atoms with E-state index < -0.39 is 11.6 Å². The van der Waals surface area contributed by atoms with Crippen molar-refractivity contribution in [2.75, 3.05) is 6.61 Å². The molecule has 21 heavy (non-hydrogen) atoms. The van der Waals surface area contributed by atoms with Crippen molar-refractivity contribution in [1.82, 2.24) is 4.90 Å². The molecule has 2 aliphatic rings. The summed E-state index contributed by atoms with van der Waals surface area (Å²) in [6, 6.07) is 3.92. The van der Waals surface area contributed by atoms with Gasteiger partial charge in [0.25, 0.3) is 0 Å². The molecule has 0 N–H and O–H groups in total. The maximum Gasteiger partial charge on any atom is 0.225 e. The fourth-order valence-electron chi connectivity index (χ4n) is 2.78. The van der Waals surface area contributed by atoms with Crippen LogP contribution in [0.25, 0.3) is 0 Å². The van der Waals surface area contributed by atoms with Gasteiger partial charge in [0.1, 0.15) is 11.6 Å². The molecule has 2 fully saturated rings. The van der Waals surface area contributed by atoms with E-state index >= 15 is 0 Å². The number of hydrogen-bond acceptors (Lipinski definition) is 2. The summed E-state index contributed by atoms with van der Waals surface area (Å²) in [5.74, 6) is -1.25. The van der Waals surface area contributed by atoms with Crippen molar-refractivity contribution < 1.29 is 18.3 Å². The van der Waals surface area contributed by atoms with Crippen molar-refractivity contribution in [2.24, 2.45) is 0 Å². The normalized spacial score (nSPS) is 21.5. The van der Waals surface area contributed by atoms with E-state index in [2.05, 4.69) is 0 Å². The van der Waals surface area contributed by atoms with Gasteiger partial charge in [0.2, 0.25) is 5.91 Å². The molecule has 1 atom stereocenters. The van der Waals surface area contributed by atoms with Crippen molar-refractivity contribution in [3.8, 4) is 0 Å². The zero-order valence-corrected chi connectivity index (χ0v) is 11.9. The van der Waals surface area contributed by atoms with Gasteiger partial charge in [0.05, 0.1) is 19.1 Å². The summed E-state index contributed by atoms with van der Waals surface area (Å²) in [6.45, 7) is 0.706. The molecule has 3 nitrogen and oxygen atoms in total. The van der Waals surface area contributed by atoms with Gasteiger partial charge in [-0.15, -0.1) is 0 Å². The Hall–Kier alpha value is -1.49. The summed E-state index contributed by atoms with van der Waals surface area (Å²) in [5, 5.41) is 0. The minimum absolute atomic E-state index is 0.00866. The Morgan fingerprint density at radius 3 is 2.52 bits per heavy atom. The SMILES string of the molecule is O=C(CC1CCCO1)N(Cc1c(F)cccc1F)C1CC1. The van der Waals surface area contributed by atoms with Gasteiger partial charge in [0.15, 0.2) is 0 Å². The molecule has 1 aromatic carbocycles. The van der Waals surface area contributed by atoms with Gasteiger partial charge in [-0.3, -0.25) is 4.79 Å². The van der Waals surface area contributed by atoms with E-state index in [-0.39, 0.29) is 30.2 Å². The molecule has 1 heterocycles. The fourth-order valence-corrected chi connectivity index (χ4v) is 2.78. The predicted molar refractivity (Wildman–Crippen MR) is 73.5 cm³/mol. The molecule has 3 rings (SSSR count). The fraction of sp³-hybridized carbons (Fsp3) is 0.562. The van der Waals surface area contributed by atoms with Crippen LogP contribution in [0.2, 0.25) is 0 Å². The van der Waals surface area contributed by atoms with Gasteiger partial charge in [-0.25, -0.2) is 8.78 Å². The van der Waals surface area contributed by atoms with Crippen molar-refractivity contribution in [2.45, 2.75) is 50.8 Å². The van der Waals surface area contributed by atoms with Crippen LogP contribution in [0.5, 0.6) is 0 Å². The highest BCUT2D eigenvalue weighted by atomic mass is 19.1. The standard InChI is InChI=1S/C16H19F2NO2/c17-14-4-1-5-15(18)13(14)10-19(11-6-7-11)16(20)9-12-3-2-8-21-12/h1,4-5,11-12H,2-3,6-10H2. The summed E-state index contributed by atoms with van der Waals surface area (Å²) < 4.78 is 33.0. The maximum atomic E-state index is 13.8. The molecular weight excluding hydrogens is 276 g/mol. The van der Waals surface area contributed by atoms with Gasteiger partial charge >= 0.3 is 0 Å². The molecule has 0 radical (unpaired) electrons. The van der Waals surface area contributed by atoms with E-state index in [0.717, 1.165) is 25.7 Å². The van der Waals surface area contributed by atoms with Gasteiger partial charge in [-0.05, 0) is 37.8 Å². The molecule has 1 aromatic rings. The minimum atomic E-state index is -0.592. The van der Waals surface area contributed by atoms with Crippen molar-refractivity contribution in [1.29, 1.82) is 0 Å². The molecular formula is C16H19F2NO2. The zero-order valence-electron chi connectivity index (χ0n) is 11.9. The predicted octanol–water partition coefficient (Wildman–Crippen LogP) is 3.02. The Morgan fingerprint density at radius 2 is 1.95 bits per heavy atom. The van der Waals surface area contributed by atoms with Gasteiger partial charge in [0, 0.05) is 18.2 Å². The lowest BCUT2D eigenvalue weighted by molar-refractivity contribution is -0.134. The van der Waals surface area contributed by atoms with Gasteiger partial charge in [-0.1, -0.05) is 6.07 Å². The molecule has 1 aliphatic carbocycles. The first kappa shape index (κ1) is 14.4. The molecule has 1 saturated heterocycles. The highest BCUT2D eigenvalue weighted by molar-refractivity contribution is 5.77. The van der Waals surface area contributed by atoms with Crippen LogP contribution in [0.3, 0.4) is 0 Å². The number of benzene rings is 1. The number of carbonyl (C=O) groups is 1. The Kier molecular flexibility index (Phi) is 4.19. The minimum Gasteiger partial charge on any atom is -0.378 e. The molecule has 114 valence electrons. The average Bonchev–Trinajstić information content (AvgIpc) is 3.16. The maximum absolute atomic E-state index is 13.8. The molecule has 1 saturated carbocycles. The molecule has 0 aromatic heterocycles. The number of rotatable bonds is 5. The van der Waals surface area contributed by atoms with Crippen LogP contribution in [0.4, 0.5) is 8.78 Å². The second kappa shape index (κ2) is 6.10. The van der Waals surface area contributed by atoms with Crippen molar-refractivity contribution >= 4 is 5.91 Å². The summed E-state index contributed by atoms with van der Waals surface area (Å²) in [5.41, 5.74) is -0.0231. The van der Waals surface area contributed by atoms with E-state index in [1.807, 2.05) is 0 Å². The number of ether oxygens (including phenoxy) is 1. The number of amides is 1. The van der Waals surface area contributed by atoms with Crippen LogP contribution in [-0.4, -0.2) is 29.6 Å². The monoisotopic (exact) mass is 295 g/mol. The second-order valence-corrected chi connectivity index (χ2v) is 5.79. The summed E-state index contributed by atoms with van der Waals surface area (Å²) in [7, 11) is 0. The molecule has 1 aliphatic heterocycles. The zero-order chi connectivity index (χ0) is 14.8. The molecule has 0 bridgehead atoms. The number of halogens is 2. The van der Waals surface area contributed by atoms with Crippen LogP contribution >= 0.6 is 0 Å². The Labute approximate surface area is 122 Å². The van der Waals surface area contributed by atoms with Crippen molar-refractivity contribution in [3.05, 3.63) is 35.4 Å². The third kappa shape index (κ3) is 3.40. The number of carbonyl (C=O) groups excluding carboxylic acids is 1. The highest BCUT2D eigenvalue weighted by Crippen LogP contribution is 2.31. The first-order valence-electron chi connectivity index (χ1n) is 7.49. The Balaban J connectivity index is 1.71. The number of nitrogens with zero attached hydrogens (tertiary/aromatic N) is 1. The lowest BCUT2D eigenvalue weighted by Gasteiger charge is -2.24.